The molecule has 0 aliphatic carbocycles. The summed E-state index contributed by atoms with van der Waals surface area (Å²) in [5.74, 6) is 3.78. The van der Waals surface area contributed by atoms with Crippen molar-refractivity contribution in [2.75, 3.05) is 31.1 Å². The minimum Gasteiger partial charge on any atom is -0.355 e. The number of hydrogen-bond acceptors (Lipinski definition) is 8. The second-order valence-corrected chi connectivity index (χ2v) is 7.50. The number of fused-ring (bicyclic) bond motifs is 1. The Morgan fingerprint density at radius 1 is 1.07 bits per heavy atom. The number of piperidine rings is 1. The van der Waals surface area contributed by atoms with E-state index in [2.05, 4.69) is 36.2 Å². The highest BCUT2D eigenvalue weighted by Gasteiger charge is 2.26. The molecule has 2 aliphatic heterocycles. The molecule has 27 heavy (non-hydrogen) atoms. The first-order valence-corrected chi connectivity index (χ1v) is 9.75. The Hall–Kier alpha value is -2.55. The summed E-state index contributed by atoms with van der Waals surface area (Å²) in [6.45, 7) is 6.69. The van der Waals surface area contributed by atoms with Crippen LogP contribution in [0.3, 0.4) is 0 Å². The molecule has 5 rings (SSSR count). The van der Waals surface area contributed by atoms with Gasteiger partial charge in [0.25, 0.3) is 0 Å². The van der Waals surface area contributed by atoms with E-state index in [0.717, 1.165) is 56.3 Å². The quantitative estimate of drug-likeness (QED) is 0.689. The van der Waals surface area contributed by atoms with Gasteiger partial charge in [-0.2, -0.15) is 9.50 Å². The third-order valence-electron chi connectivity index (χ3n) is 5.58. The van der Waals surface area contributed by atoms with E-state index >= 15 is 0 Å². The van der Waals surface area contributed by atoms with Crippen molar-refractivity contribution in [1.29, 1.82) is 0 Å². The molecule has 0 bridgehead atoms. The molecular weight excluding hydrogens is 344 g/mol. The van der Waals surface area contributed by atoms with Gasteiger partial charge < -0.3 is 9.42 Å². The van der Waals surface area contributed by atoms with Crippen molar-refractivity contribution in [2.45, 2.75) is 45.1 Å². The number of hydrogen-bond donors (Lipinski definition) is 0. The monoisotopic (exact) mass is 368 g/mol. The third-order valence-corrected chi connectivity index (χ3v) is 5.58. The summed E-state index contributed by atoms with van der Waals surface area (Å²) in [7, 11) is 0. The van der Waals surface area contributed by atoms with Gasteiger partial charge in [0.1, 0.15) is 5.82 Å². The zero-order chi connectivity index (χ0) is 18.2. The van der Waals surface area contributed by atoms with Crippen LogP contribution in [-0.4, -0.2) is 61.0 Å². The smallest absolute Gasteiger partial charge is 0.240 e. The predicted octanol–water partition coefficient (Wildman–Crippen LogP) is 1.80. The van der Waals surface area contributed by atoms with Gasteiger partial charge in [0.15, 0.2) is 17.3 Å². The van der Waals surface area contributed by atoms with Gasteiger partial charge in [0.05, 0.1) is 6.54 Å². The highest BCUT2D eigenvalue weighted by molar-refractivity contribution is 5.46. The fourth-order valence-electron chi connectivity index (χ4n) is 4.11. The Balaban J connectivity index is 1.30. The van der Waals surface area contributed by atoms with Gasteiger partial charge in [-0.3, -0.25) is 4.90 Å². The molecule has 2 fully saturated rings. The molecule has 0 spiro atoms. The third kappa shape index (κ3) is 3.27. The molecule has 0 N–H and O–H groups in total. The van der Waals surface area contributed by atoms with Crippen LogP contribution in [0.15, 0.2) is 16.7 Å². The molecule has 2 aliphatic rings. The van der Waals surface area contributed by atoms with Crippen LogP contribution >= 0.6 is 0 Å². The summed E-state index contributed by atoms with van der Waals surface area (Å²) in [5.41, 5.74) is 0.830. The summed E-state index contributed by atoms with van der Waals surface area (Å²) in [4.78, 5) is 9.00. The van der Waals surface area contributed by atoms with E-state index in [1.54, 1.807) is 0 Å². The van der Waals surface area contributed by atoms with E-state index in [1.165, 1.54) is 12.8 Å². The van der Waals surface area contributed by atoms with Crippen molar-refractivity contribution < 1.29 is 4.52 Å². The maximum absolute atomic E-state index is 5.24. The van der Waals surface area contributed by atoms with Crippen molar-refractivity contribution in [3.63, 3.8) is 0 Å². The van der Waals surface area contributed by atoms with Crippen LogP contribution in [0.25, 0.3) is 5.65 Å². The lowest BCUT2D eigenvalue weighted by Crippen LogP contribution is -2.33. The lowest BCUT2D eigenvalue weighted by atomic mass is 9.96. The van der Waals surface area contributed by atoms with E-state index in [4.69, 9.17) is 9.62 Å². The largest absolute Gasteiger partial charge is 0.355 e. The number of likely N-dealkylation sites (tertiary alicyclic amines) is 1. The highest BCUT2D eigenvalue weighted by atomic mass is 16.5. The first-order chi connectivity index (χ1) is 13.3. The van der Waals surface area contributed by atoms with Gasteiger partial charge in [-0.1, -0.05) is 5.16 Å². The molecular formula is C18H24N8O. The normalized spacial score (nSPS) is 19.4. The molecule has 3 aromatic rings. The average molecular weight is 368 g/mol. The topological polar surface area (TPSA) is 88.5 Å². The molecule has 9 heteroatoms. The number of nitrogens with zero attached hydrogens (tertiary/aromatic N) is 8. The maximum atomic E-state index is 5.24. The van der Waals surface area contributed by atoms with Gasteiger partial charge in [-0.05, 0) is 57.8 Å². The van der Waals surface area contributed by atoms with Crippen LogP contribution in [-0.2, 0) is 6.54 Å². The van der Waals surface area contributed by atoms with Gasteiger partial charge in [-0.25, -0.2) is 0 Å². The average Bonchev–Trinajstić information content (AvgIpc) is 3.43. The Morgan fingerprint density at radius 3 is 2.63 bits per heavy atom. The summed E-state index contributed by atoms with van der Waals surface area (Å²) in [6, 6.07) is 4.10. The lowest BCUT2D eigenvalue weighted by Gasteiger charge is -2.29. The Kier molecular flexibility index (Phi) is 4.23. The van der Waals surface area contributed by atoms with E-state index in [1.807, 2.05) is 17.5 Å². The second kappa shape index (κ2) is 6.88. The van der Waals surface area contributed by atoms with Crippen LogP contribution in [0.1, 0.15) is 49.1 Å². The SMILES string of the molecule is Cc1noc(CN2CCC(c3nnc4ccc(N5CCCC5)nn34)CC2)n1. The molecule has 9 nitrogen and oxygen atoms in total. The number of anilines is 1. The summed E-state index contributed by atoms with van der Waals surface area (Å²) >= 11 is 0. The van der Waals surface area contributed by atoms with E-state index in [9.17, 15) is 0 Å². The van der Waals surface area contributed by atoms with Gasteiger partial charge in [0, 0.05) is 19.0 Å². The molecule has 0 aromatic carbocycles. The van der Waals surface area contributed by atoms with Crippen LogP contribution in [0.4, 0.5) is 5.82 Å². The molecule has 0 saturated carbocycles. The zero-order valence-corrected chi connectivity index (χ0v) is 15.6. The van der Waals surface area contributed by atoms with Crippen molar-refractivity contribution in [3.8, 4) is 0 Å². The van der Waals surface area contributed by atoms with Gasteiger partial charge in [-0.15, -0.1) is 15.3 Å². The van der Waals surface area contributed by atoms with Crippen molar-refractivity contribution in [2.24, 2.45) is 0 Å². The van der Waals surface area contributed by atoms with Crippen LogP contribution in [0.2, 0.25) is 0 Å². The number of rotatable bonds is 4. The Labute approximate surface area is 157 Å². The van der Waals surface area contributed by atoms with Crippen LogP contribution in [0.5, 0.6) is 0 Å². The molecule has 5 heterocycles. The van der Waals surface area contributed by atoms with Gasteiger partial charge >= 0.3 is 0 Å². The molecule has 0 unspecified atom stereocenters. The number of aromatic nitrogens is 6. The summed E-state index contributed by atoms with van der Waals surface area (Å²) in [5, 5.41) is 17.5. The molecule has 0 atom stereocenters. The second-order valence-electron chi connectivity index (χ2n) is 7.50. The Morgan fingerprint density at radius 2 is 1.89 bits per heavy atom. The lowest BCUT2D eigenvalue weighted by molar-refractivity contribution is 0.178. The van der Waals surface area contributed by atoms with E-state index < -0.39 is 0 Å². The highest BCUT2D eigenvalue weighted by Crippen LogP contribution is 2.28. The van der Waals surface area contributed by atoms with Crippen molar-refractivity contribution in [1.82, 2.24) is 34.9 Å². The summed E-state index contributed by atoms with van der Waals surface area (Å²) < 4.78 is 7.20. The van der Waals surface area contributed by atoms with E-state index in [-0.39, 0.29) is 0 Å². The molecule has 0 radical (unpaired) electrons. The fraction of sp³-hybridized carbons (Fsp3) is 0.611. The van der Waals surface area contributed by atoms with Crippen molar-refractivity contribution >= 4 is 11.5 Å². The first kappa shape index (κ1) is 16.6. The van der Waals surface area contributed by atoms with E-state index in [0.29, 0.717) is 24.2 Å². The maximum Gasteiger partial charge on any atom is 0.240 e. The molecule has 142 valence electrons. The Bertz CT molecular complexity index is 920. The van der Waals surface area contributed by atoms with Crippen LogP contribution < -0.4 is 4.90 Å². The zero-order valence-electron chi connectivity index (χ0n) is 15.6. The first-order valence-electron chi connectivity index (χ1n) is 9.75. The molecule has 0 amide bonds. The van der Waals surface area contributed by atoms with Crippen molar-refractivity contribution in [3.05, 3.63) is 29.7 Å². The fourth-order valence-corrected chi connectivity index (χ4v) is 4.11. The minimum atomic E-state index is 0.377. The molecule has 2 saturated heterocycles. The molecule has 3 aromatic heterocycles. The van der Waals surface area contributed by atoms with Gasteiger partial charge in [0.2, 0.25) is 5.89 Å². The number of aryl methyl sites for hydroxylation is 1. The predicted molar refractivity (Wildman–Crippen MR) is 98.5 cm³/mol. The van der Waals surface area contributed by atoms with Crippen LogP contribution in [0, 0.1) is 6.92 Å². The standard InChI is InChI=1S/C18H24N8O/c1-13-19-17(27-23-13)12-24-10-6-14(7-11-24)18-21-20-15-4-5-16(22-26(15)18)25-8-2-3-9-25/h4-5,14H,2-3,6-12H2,1H3. The summed E-state index contributed by atoms with van der Waals surface area (Å²) in [6.07, 6.45) is 4.55. The minimum absolute atomic E-state index is 0.377.